The third kappa shape index (κ3) is 3.29. The van der Waals surface area contributed by atoms with E-state index in [1.165, 1.54) is 18.2 Å². The molecule has 3 nitrogen and oxygen atoms in total. The first-order chi connectivity index (χ1) is 9.10. The molecule has 2 N–H and O–H groups in total. The van der Waals surface area contributed by atoms with Crippen LogP contribution >= 0.6 is 11.6 Å². The number of nitrogens with two attached hydrogens (primary N) is 1. The summed E-state index contributed by atoms with van der Waals surface area (Å²) in [6.07, 6.45) is 0. The molecule has 5 heteroatoms. The standard InChI is InChI=1S/C14H13ClFNO2/c1-18-11-3-5-13(17)14(7-11)19-8-9-6-10(15)2-4-12(9)16/h2-7H,8,17H2,1H3. The fourth-order valence-corrected chi connectivity index (χ4v) is 1.77. The molecule has 2 aromatic carbocycles. The summed E-state index contributed by atoms with van der Waals surface area (Å²) >= 11 is 5.81. The first-order valence-electron chi connectivity index (χ1n) is 5.60. The Morgan fingerprint density at radius 2 is 2.00 bits per heavy atom. The highest BCUT2D eigenvalue weighted by molar-refractivity contribution is 6.30. The van der Waals surface area contributed by atoms with Gasteiger partial charge in [-0.3, -0.25) is 0 Å². The molecule has 0 aliphatic heterocycles. The minimum atomic E-state index is -0.370. The largest absolute Gasteiger partial charge is 0.497 e. The minimum absolute atomic E-state index is 0.0454. The van der Waals surface area contributed by atoms with Crippen LogP contribution in [0.2, 0.25) is 5.02 Å². The predicted molar refractivity (Wildman–Crippen MR) is 73.1 cm³/mol. The Labute approximate surface area is 115 Å². The molecule has 19 heavy (non-hydrogen) atoms. The maximum absolute atomic E-state index is 13.5. The molecule has 0 bridgehead atoms. The smallest absolute Gasteiger partial charge is 0.146 e. The minimum Gasteiger partial charge on any atom is -0.497 e. The molecule has 0 heterocycles. The number of hydrogen-bond donors (Lipinski definition) is 1. The summed E-state index contributed by atoms with van der Waals surface area (Å²) < 4.78 is 24.1. The van der Waals surface area contributed by atoms with Crippen molar-refractivity contribution in [2.24, 2.45) is 0 Å². The van der Waals surface area contributed by atoms with E-state index < -0.39 is 0 Å². The fraction of sp³-hybridized carbons (Fsp3) is 0.143. The summed E-state index contributed by atoms with van der Waals surface area (Å²) in [6, 6.07) is 9.35. The molecular weight excluding hydrogens is 269 g/mol. The predicted octanol–water partition coefficient (Wildman–Crippen LogP) is 3.65. The summed E-state index contributed by atoms with van der Waals surface area (Å²) in [7, 11) is 1.55. The maximum atomic E-state index is 13.5. The van der Waals surface area contributed by atoms with Crippen molar-refractivity contribution in [3.8, 4) is 11.5 Å². The van der Waals surface area contributed by atoms with Crippen molar-refractivity contribution < 1.29 is 13.9 Å². The van der Waals surface area contributed by atoms with Crippen LogP contribution in [-0.2, 0) is 6.61 Å². The van der Waals surface area contributed by atoms with E-state index in [1.807, 2.05) is 0 Å². The SMILES string of the molecule is COc1ccc(N)c(OCc2cc(Cl)ccc2F)c1. The van der Waals surface area contributed by atoms with Crippen molar-refractivity contribution in [3.05, 3.63) is 52.8 Å². The van der Waals surface area contributed by atoms with E-state index in [0.717, 1.165) is 0 Å². The van der Waals surface area contributed by atoms with Crippen molar-refractivity contribution in [1.82, 2.24) is 0 Å². The van der Waals surface area contributed by atoms with E-state index in [0.29, 0.717) is 27.8 Å². The van der Waals surface area contributed by atoms with Crippen LogP contribution in [0.3, 0.4) is 0 Å². The van der Waals surface area contributed by atoms with Crippen LogP contribution in [0.15, 0.2) is 36.4 Å². The highest BCUT2D eigenvalue weighted by Crippen LogP contribution is 2.28. The van der Waals surface area contributed by atoms with Gasteiger partial charge < -0.3 is 15.2 Å². The van der Waals surface area contributed by atoms with Gasteiger partial charge in [0.2, 0.25) is 0 Å². The van der Waals surface area contributed by atoms with E-state index in [9.17, 15) is 4.39 Å². The maximum Gasteiger partial charge on any atom is 0.146 e. The lowest BCUT2D eigenvalue weighted by molar-refractivity contribution is 0.299. The number of benzene rings is 2. The number of ether oxygens (including phenoxy) is 2. The highest BCUT2D eigenvalue weighted by Gasteiger charge is 2.07. The average Bonchev–Trinajstić information content (AvgIpc) is 2.41. The Morgan fingerprint density at radius 1 is 1.21 bits per heavy atom. The van der Waals surface area contributed by atoms with Gasteiger partial charge in [-0.15, -0.1) is 0 Å². The molecule has 0 aliphatic rings. The van der Waals surface area contributed by atoms with Gasteiger partial charge in [0.05, 0.1) is 12.8 Å². The van der Waals surface area contributed by atoms with Crippen LogP contribution in [0.1, 0.15) is 5.56 Å². The van der Waals surface area contributed by atoms with Gasteiger partial charge in [0.1, 0.15) is 23.9 Å². The van der Waals surface area contributed by atoms with Crippen LogP contribution in [0.25, 0.3) is 0 Å². The van der Waals surface area contributed by atoms with Crippen molar-refractivity contribution >= 4 is 17.3 Å². The lowest BCUT2D eigenvalue weighted by atomic mass is 10.2. The Bertz CT molecular complexity index is 590. The number of methoxy groups -OCH3 is 1. The van der Waals surface area contributed by atoms with Gasteiger partial charge in [-0.25, -0.2) is 4.39 Å². The summed E-state index contributed by atoms with van der Waals surface area (Å²) in [4.78, 5) is 0. The third-order valence-electron chi connectivity index (χ3n) is 2.61. The van der Waals surface area contributed by atoms with Crippen molar-refractivity contribution in [1.29, 1.82) is 0 Å². The van der Waals surface area contributed by atoms with Gasteiger partial charge >= 0.3 is 0 Å². The molecule has 0 unspecified atom stereocenters. The second-order valence-corrected chi connectivity index (χ2v) is 4.36. The van der Waals surface area contributed by atoms with Gasteiger partial charge in [0.25, 0.3) is 0 Å². The number of rotatable bonds is 4. The molecular formula is C14H13ClFNO2. The van der Waals surface area contributed by atoms with E-state index in [-0.39, 0.29) is 12.4 Å². The second kappa shape index (κ2) is 5.80. The highest BCUT2D eigenvalue weighted by atomic mass is 35.5. The van der Waals surface area contributed by atoms with E-state index in [2.05, 4.69) is 0 Å². The van der Waals surface area contributed by atoms with E-state index in [1.54, 1.807) is 25.3 Å². The Hall–Kier alpha value is -1.94. The molecule has 0 amide bonds. The molecule has 0 fully saturated rings. The Kier molecular flexibility index (Phi) is 4.12. The van der Waals surface area contributed by atoms with Gasteiger partial charge in [-0.05, 0) is 30.3 Å². The van der Waals surface area contributed by atoms with Crippen LogP contribution < -0.4 is 15.2 Å². The summed E-state index contributed by atoms with van der Waals surface area (Å²) in [5.74, 6) is 0.695. The third-order valence-corrected chi connectivity index (χ3v) is 2.85. The normalized spacial score (nSPS) is 10.3. The van der Waals surface area contributed by atoms with Crippen LogP contribution in [0.5, 0.6) is 11.5 Å². The van der Waals surface area contributed by atoms with Crippen molar-refractivity contribution in [2.45, 2.75) is 6.61 Å². The molecule has 100 valence electrons. The number of nitrogen functional groups attached to an aromatic ring is 1. The molecule has 0 aromatic heterocycles. The van der Waals surface area contributed by atoms with Gasteiger partial charge in [0, 0.05) is 16.7 Å². The molecule has 2 rings (SSSR count). The molecule has 2 aromatic rings. The number of halogens is 2. The zero-order valence-electron chi connectivity index (χ0n) is 10.3. The quantitative estimate of drug-likeness (QED) is 0.870. The van der Waals surface area contributed by atoms with Gasteiger partial charge in [0.15, 0.2) is 0 Å². The zero-order valence-corrected chi connectivity index (χ0v) is 11.1. The lowest BCUT2D eigenvalue weighted by Crippen LogP contribution is -2.01. The summed E-state index contributed by atoms with van der Waals surface area (Å²) in [6.45, 7) is 0.0454. The Balaban J connectivity index is 2.16. The monoisotopic (exact) mass is 281 g/mol. The lowest BCUT2D eigenvalue weighted by Gasteiger charge is -2.11. The van der Waals surface area contributed by atoms with Gasteiger partial charge in [-0.1, -0.05) is 11.6 Å². The fourth-order valence-electron chi connectivity index (χ4n) is 1.58. The van der Waals surface area contributed by atoms with E-state index in [4.69, 9.17) is 26.8 Å². The molecule has 0 saturated carbocycles. The molecule has 0 aliphatic carbocycles. The summed E-state index contributed by atoms with van der Waals surface area (Å²) in [5, 5.41) is 0.457. The average molecular weight is 282 g/mol. The van der Waals surface area contributed by atoms with Crippen LogP contribution in [0, 0.1) is 5.82 Å². The molecule has 0 spiro atoms. The van der Waals surface area contributed by atoms with Crippen LogP contribution in [-0.4, -0.2) is 7.11 Å². The first-order valence-corrected chi connectivity index (χ1v) is 5.98. The molecule has 0 saturated heterocycles. The first kappa shape index (κ1) is 13.5. The molecule has 0 radical (unpaired) electrons. The van der Waals surface area contributed by atoms with Crippen molar-refractivity contribution in [2.75, 3.05) is 12.8 Å². The van der Waals surface area contributed by atoms with Crippen LogP contribution in [0.4, 0.5) is 10.1 Å². The zero-order chi connectivity index (χ0) is 13.8. The number of anilines is 1. The van der Waals surface area contributed by atoms with Gasteiger partial charge in [-0.2, -0.15) is 0 Å². The molecule has 0 atom stereocenters. The Morgan fingerprint density at radius 3 is 2.74 bits per heavy atom. The summed E-state index contributed by atoms with van der Waals surface area (Å²) in [5.41, 5.74) is 6.61. The van der Waals surface area contributed by atoms with Crippen molar-refractivity contribution in [3.63, 3.8) is 0 Å². The topological polar surface area (TPSA) is 44.5 Å². The van der Waals surface area contributed by atoms with E-state index >= 15 is 0 Å². The second-order valence-electron chi connectivity index (χ2n) is 3.93. The number of hydrogen-bond acceptors (Lipinski definition) is 3.